The molecule has 122 heavy (non-hydrogen) atoms. The number of carbonyl (C=O) groups is 4. The predicted molar refractivity (Wildman–Crippen MR) is 473 cm³/mol. The summed E-state index contributed by atoms with van der Waals surface area (Å²) >= 11 is 6.32. The zero-order valence-electron chi connectivity index (χ0n) is 68.0. The minimum Gasteiger partial charge on any atom is -0.495 e. The molecule has 3 saturated carbocycles. The number of rotatable bonds is 20. The van der Waals surface area contributed by atoms with E-state index < -0.39 is 11.9 Å². The summed E-state index contributed by atoms with van der Waals surface area (Å²) in [6, 6.07) is 32.3. The number of hydrogen-bond acceptors (Lipinski definition) is 19. The molecule has 0 unspecified atom stereocenters. The van der Waals surface area contributed by atoms with E-state index in [-0.39, 0.29) is 17.8 Å². The maximum absolute atomic E-state index is 11.3. The summed E-state index contributed by atoms with van der Waals surface area (Å²) in [5, 5.41) is 29.1. The van der Waals surface area contributed by atoms with Crippen LogP contribution in [0.2, 0.25) is 5.02 Å². The number of nitrogens with two attached hydrogens (primary N) is 4. The van der Waals surface area contributed by atoms with Gasteiger partial charge in [-0.2, -0.15) is 0 Å². The smallest absolute Gasteiger partial charge is 0.306 e. The molecule has 4 fully saturated rings. The normalized spacial score (nSPS) is 18.2. The summed E-state index contributed by atoms with van der Waals surface area (Å²) in [7, 11) is 1.67. The van der Waals surface area contributed by atoms with E-state index in [4.69, 9.17) is 63.9 Å². The Morgan fingerprint density at radius 1 is 0.475 bits per heavy atom. The van der Waals surface area contributed by atoms with Gasteiger partial charge in [0.1, 0.15) is 97.1 Å². The molecule has 4 aromatic carbocycles. The van der Waals surface area contributed by atoms with Gasteiger partial charge in [0, 0.05) is 121 Å². The molecule has 31 nitrogen and oxygen atoms in total. The highest BCUT2D eigenvalue weighted by atomic mass is 35.5. The maximum Gasteiger partial charge on any atom is 0.306 e. The lowest BCUT2D eigenvalue weighted by Gasteiger charge is -2.30. The maximum atomic E-state index is 11.3. The van der Waals surface area contributed by atoms with E-state index in [1.807, 2.05) is 101 Å². The van der Waals surface area contributed by atoms with Crippen molar-refractivity contribution in [3.63, 3.8) is 0 Å². The molecular weight excluding hydrogens is 1570 g/mol. The van der Waals surface area contributed by atoms with Crippen LogP contribution < -0.4 is 47.9 Å². The lowest BCUT2D eigenvalue weighted by Crippen LogP contribution is -2.37. The number of carboxylic acids is 2. The molecule has 3 aliphatic carbocycles. The molecule has 628 valence electrons. The Labute approximate surface area is 705 Å². The monoisotopic (exact) mass is 1660 g/mol. The second-order valence-corrected chi connectivity index (χ2v) is 32.5. The van der Waals surface area contributed by atoms with Crippen molar-refractivity contribution < 1.29 is 38.9 Å². The number of aromatic nitrogens is 16. The molecule has 2 amide bonds. The number of ether oxygens (including phenoxy) is 2. The van der Waals surface area contributed by atoms with E-state index in [0.717, 1.165) is 226 Å². The number of aliphatic carboxylic acids is 2. The van der Waals surface area contributed by atoms with Gasteiger partial charge in [0.15, 0.2) is 0 Å². The second-order valence-electron chi connectivity index (χ2n) is 32.1. The first-order chi connectivity index (χ1) is 59.5. The SMILES string of the molecule is CCOc1cccc2cc(-c3nc(C4CCC(C(=O)O)CC4)n4ccnc(N)c34)[nH]c12.CCc1cccc2cc(-c3nc(C4CCC(CNC=O)CC4)n4ccnc(N)c34)[nH]c12.COc1cccc2cc(-c3nc(C4CCC(CNC=O)CC4)n4ccnc(N)c34)[nH]c12.Nc1nccn2c(N3CCC(C(=O)O)CC3)nc(-c3cc4cccc(Cl)c4[nH]3)c12. The number of H-pyrrole nitrogens is 4. The summed E-state index contributed by atoms with van der Waals surface area (Å²) in [5.41, 5.74) is 40.1. The average Bonchev–Trinajstić information content (AvgIpc) is 1.61. The third kappa shape index (κ3) is 15.8. The third-order valence-corrected chi connectivity index (χ3v) is 25.2. The lowest BCUT2D eigenvalue weighted by molar-refractivity contribution is -0.143. The number of nitrogen functional groups attached to an aromatic ring is 4. The van der Waals surface area contributed by atoms with Gasteiger partial charge in [-0.05, 0) is 163 Å². The number of hydrogen-bond donors (Lipinski definition) is 12. The number of halogens is 1. The molecule has 1 saturated heterocycles. The fourth-order valence-electron chi connectivity index (χ4n) is 18.6. The molecule has 0 spiro atoms. The minimum absolute atomic E-state index is 0.182. The van der Waals surface area contributed by atoms with Gasteiger partial charge in [-0.25, -0.2) is 39.9 Å². The van der Waals surface area contributed by atoms with Crippen LogP contribution in [0.25, 0.3) is 111 Å². The number of para-hydroxylation sites is 4. The number of carboxylic acid groups (broad SMARTS) is 2. The first-order valence-corrected chi connectivity index (χ1v) is 42.2. The molecule has 0 atom stereocenters. The molecule has 16 aromatic rings. The Balaban J connectivity index is 0.000000116. The molecule has 12 aromatic heterocycles. The number of carbonyl (C=O) groups excluding carboxylic acids is 2. The van der Waals surface area contributed by atoms with Crippen molar-refractivity contribution in [1.82, 2.24) is 88.0 Å². The number of nitrogens with zero attached hydrogens (tertiary/aromatic N) is 13. The Morgan fingerprint density at radius 2 is 0.844 bits per heavy atom. The van der Waals surface area contributed by atoms with Gasteiger partial charge in [0.05, 0.1) is 69.9 Å². The number of aryl methyl sites for hydroxylation is 1. The van der Waals surface area contributed by atoms with Crippen molar-refractivity contribution in [3.8, 4) is 57.1 Å². The molecule has 20 rings (SSSR count). The second kappa shape index (κ2) is 34.9. The number of amides is 2. The van der Waals surface area contributed by atoms with Crippen LogP contribution in [0.1, 0.15) is 145 Å². The molecule has 1 aliphatic heterocycles. The zero-order chi connectivity index (χ0) is 84.4. The number of anilines is 5. The van der Waals surface area contributed by atoms with Crippen LogP contribution >= 0.6 is 11.6 Å². The number of methoxy groups -OCH3 is 1. The largest absolute Gasteiger partial charge is 0.495 e. The highest BCUT2D eigenvalue weighted by Crippen LogP contribution is 2.45. The molecule has 0 radical (unpaired) electrons. The van der Waals surface area contributed by atoms with E-state index in [1.165, 1.54) is 10.9 Å². The zero-order valence-corrected chi connectivity index (χ0v) is 68.8. The first kappa shape index (κ1) is 80.7. The molecule has 13 heterocycles. The van der Waals surface area contributed by atoms with Crippen molar-refractivity contribution >= 4 is 131 Å². The number of benzene rings is 4. The van der Waals surface area contributed by atoms with E-state index >= 15 is 0 Å². The van der Waals surface area contributed by atoms with Gasteiger partial charge in [0.25, 0.3) is 0 Å². The average molecular weight is 1670 g/mol. The van der Waals surface area contributed by atoms with Crippen molar-refractivity contribution in [2.45, 2.75) is 128 Å². The molecule has 32 heteroatoms. The van der Waals surface area contributed by atoms with Gasteiger partial charge in [-0.3, -0.25) is 36.8 Å². The Bertz CT molecular complexity index is 6340. The summed E-state index contributed by atoms with van der Waals surface area (Å²) in [5.74, 6) is 7.01. The van der Waals surface area contributed by atoms with Crippen LogP contribution in [-0.4, -0.2) is 152 Å². The van der Waals surface area contributed by atoms with Crippen LogP contribution in [0.15, 0.2) is 147 Å². The fraction of sp³-hybridized carbons (Fsp3) is 0.333. The highest BCUT2D eigenvalue weighted by molar-refractivity contribution is 6.35. The van der Waals surface area contributed by atoms with Crippen molar-refractivity contribution in [3.05, 3.63) is 175 Å². The number of piperidine rings is 1. The molecule has 4 aliphatic rings. The van der Waals surface area contributed by atoms with E-state index in [1.54, 1.807) is 31.9 Å². The van der Waals surface area contributed by atoms with Crippen molar-refractivity contribution in [2.75, 3.05) is 67.7 Å². The van der Waals surface area contributed by atoms with E-state index in [2.05, 4.69) is 108 Å². The third-order valence-electron chi connectivity index (χ3n) is 24.9. The van der Waals surface area contributed by atoms with Crippen molar-refractivity contribution in [2.24, 2.45) is 23.7 Å². The quantitative estimate of drug-likeness (QED) is 0.0315. The predicted octanol–water partition coefficient (Wildman–Crippen LogP) is 15.2. The highest BCUT2D eigenvalue weighted by Gasteiger charge is 2.35. The summed E-state index contributed by atoms with van der Waals surface area (Å²) < 4.78 is 19.4. The molecule has 16 N–H and O–H groups in total. The number of nitrogens with one attached hydrogen (secondary N) is 6. The molecule has 0 bridgehead atoms. The topological polar surface area (TPSA) is 443 Å². The van der Waals surface area contributed by atoms with Gasteiger partial charge >= 0.3 is 11.9 Å². The van der Waals surface area contributed by atoms with Crippen molar-refractivity contribution in [1.29, 1.82) is 0 Å². The van der Waals surface area contributed by atoms with E-state index in [9.17, 15) is 29.4 Å². The van der Waals surface area contributed by atoms with Crippen LogP contribution in [0.5, 0.6) is 11.5 Å². The van der Waals surface area contributed by atoms with Crippen LogP contribution in [0.3, 0.4) is 0 Å². The van der Waals surface area contributed by atoms with Crippen LogP contribution in [0.4, 0.5) is 29.2 Å². The molecular formula is C90H98ClN23O8. The summed E-state index contributed by atoms with van der Waals surface area (Å²) in [6.45, 7) is 7.46. The summed E-state index contributed by atoms with van der Waals surface area (Å²) in [6.07, 6.45) is 29.5. The van der Waals surface area contributed by atoms with Crippen LogP contribution in [0, 0.1) is 23.7 Å². The first-order valence-electron chi connectivity index (χ1n) is 41.8. The Kier molecular flexibility index (Phi) is 23.1. The number of imidazole rings is 4. The number of aromatic amines is 4. The fourth-order valence-corrected chi connectivity index (χ4v) is 18.8. The van der Waals surface area contributed by atoms with Gasteiger partial charge < -0.3 is 78.1 Å². The van der Waals surface area contributed by atoms with Gasteiger partial charge in [0.2, 0.25) is 18.8 Å². The van der Waals surface area contributed by atoms with Gasteiger partial charge in [-0.15, -0.1) is 0 Å². The Hall–Kier alpha value is -13.7. The van der Waals surface area contributed by atoms with E-state index in [0.29, 0.717) is 109 Å². The van der Waals surface area contributed by atoms with Crippen LogP contribution in [-0.2, 0) is 25.6 Å². The summed E-state index contributed by atoms with van der Waals surface area (Å²) in [4.78, 5) is 97.1. The number of fused-ring (bicyclic) bond motifs is 8. The standard InChI is InChI=1S/C24H28N6O.C23H26N6O2.C23H25N5O3.C20H19ClN6O2/c1-2-16-4-3-5-18-12-19(28-20(16)18)21-22-23(25)27-10-11-30(22)24(29-21)17-8-6-15(7-9-17)13-26-14-31;1-31-18-4-2-3-16-11-17(27-19(16)18)20-21-22(24)26-9-10-29(21)23(28-20)15-7-5-14(6-8-15)12-25-13-30;1-2-31-17-5-3-4-15-12-16(26-18(15)17)19-20-21(24)25-10-11-28(20)22(27-19)13-6-8-14(9-7-13)23(29)30;21-13-3-1-2-12-10-14(24-15(12)13)16-17-18(22)23-6-9-27(17)20(25-16)26-7-4-11(5-8-26)19(28)29/h3-5,10-12,14-15,17,28H,2,6-9,13H2,1H3,(H2,25,27)(H,26,31);2-4,9-11,13-15,27H,5-8,12H2,1H3,(H2,24,26)(H,25,30);3-5,10-14,26H,2,6-9H2,1H3,(H2,24,25)(H,29,30);1-3,6,9-11,24H,4-5,7-8H2,(H2,22,23)(H,28,29). The minimum atomic E-state index is -0.735. The Morgan fingerprint density at radius 3 is 1.27 bits per heavy atom. The van der Waals surface area contributed by atoms with Gasteiger partial charge in [-0.1, -0.05) is 73.1 Å². The lowest BCUT2D eigenvalue weighted by atomic mass is 9.81.